The maximum absolute atomic E-state index is 11.4. The number of halogens is 1. The van der Waals surface area contributed by atoms with Gasteiger partial charge in [0.1, 0.15) is 0 Å². The number of nitrogens with one attached hydrogen (secondary N) is 1. The van der Waals surface area contributed by atoms with Crippen molar-refractivity contribution in [1.82, 2.24) is 5.32 Å². The van der Waals surface area contributed by atoms with Crippen molar-refractivity contribution in [2.75, 3.05) is 17.9 Å². The van der Waals surface area contributed by atoms with Gasteiger partial charge in [0.25, 0.3) is 0 Å². The first kappa shape index (κ1) is 11.2. The number of thioether (sulfide) groups is 1. The number of rotatable bonds is 5. The molecule has 0 spiro atoms. The maximum Gasteiger partial charge on any atom is 0.221 e. The van der Waals surface area contributed by atoms with Gasteiger partial charge in [-0.1, -0.05) is 0 Å². The Morgan fingerprint density at radius 3 is 2.69 bits per heavy atom. The number of carbonyl (C=O) groups is 1. The van der Waals surface area contributed by atoms with Gasteiger partial charge in [-0.25, -0.2) is 0 Å². The molecule has 0 atom stereocenters. The van der Waals surface area contributed by atoms with E-state index < -0.39 is 0 Å². The molecule has 1 saturated carbocycles. The quantitative estimate of drug-likeness (QED) is 0.720. The summed E-state index contributed by atoms with van der Waals surface area (Å²) in [6, 6.07) is 0. The van der Waals surface area contributed by atoms with E-state index in [1.165, 1.54) is 6.42 Å². The lowest BCUT2D eigenvalue weighted by molar-refractivity contribution is -0.123. The molecule has 1 aliphatic rings. The largest absolute Gasteiger partial charge is 0.349 e. The van der Waals surface area contributed by atoms with Crippen LogP contribution in [0.3, 0.4) is 0 Å². The van der Waals surface area contributed by atoms with Gasteiger partial charge >= 0.3 is 0 Å². The van der Waals surface area contributed by atoms with Crippen LogP contribution in [0.2, 0.25) is 0 Å². The summed E-state index contributed by atoms with van der Waals surface area (Å²) in [6.45, 7) is 0. The molecule has 0 unspecified atom stereocenters. The fourth-order valence-corrected chi connectivity index (χ4v) is 2.17. The molecule has 0 aliphatic heterocycles. The molecule has 0 bridgehead atoms. The number of hydrogen-bond acceptors (Lipinski definition) is 2. The average Bonchev–Trinajstić information content (AvgIpc) is 2.08. The van der Waals surface area contributed by atoms with Crippen LogP contribution in [0, 0.1) is 0 Å². The Labute approximate surface area is 88.8 Å². The third-order valence-corrected chi connectivity index (χ3v) is 3.63. The fourth-order valence-electron chi connectivity index (χ4n) is 1.45. The normalized spacial score (nSPS) is 19.2. The number of hydrogen-bond donors (Lipinski definition) is 1. The SMILES string of the molecule is CSCCC(=O)NC1(CCl)CCC1. The second-order valence-electron chi connectivity index (χ2n) is 3.56. The van der Waals surface area contributed by atoms with E-state index in [0.717, 1.165) is 18.6 Å². The molecule has 2 nitrogen and oxygen atoms in total. The predicted molar refractivity (Wildman–Crippen MR) is 58.4 cm³/mol. The van der Waals surface area contributed by atoms with Gasteiger partial charge in [-0.3, -0.25) is 4.79 Å². The summed E-state index contributed by atoms with van der Waals surface area (Å²) >= 11 is 7.51. The van der Waals surface area contributed by atoms with E-state index in [9.17, 15) is 4.79 Å². The van der Waals surface area contributed by atoms with Crippen molar-refractivity contribution in [2.24, 2.45) is 0 Å². The third kappa shape index (κ3) is 3.06. The summed E-state index contributed by atoms with van der Waals surface area (Å²) in [5.74, 6) is 1.59. The molecule has 0 saturated heterocycles. The highest BCUT2D eigenvalue weighted by molar-refractivity contribution is 7.98. The van der Waals surface area contributed by atoms with Crippen molar-refractivity contribution in [2.45, 2.75) is 31.2 Å². The van der Waals surface area contributed by atoms with E-state index in [1.807, 2.05) is 6.26 Å². The molecular weight excluding hydrogens is 206 g/mol. The molecular formula is C9H16ClNOS. The molecule has 0 heterocycles. The minimum Gasteiger partial charge on any atom is -0.349 e. The molecule has 4 heteroatoms. The van der Waals surface area contributed by atoms with Crippen LogP contribution in [-0.4, -0.2) is 29.3 Å². The Bertz CT molecular complexity index is 177. The predicted octanol–water partition coefficient (Wildman–Crippen LogP) is 2.02. The molecule has 0 aromatic heterocycles. The van der Waals surface area contributed by atoms with Crippen molar-refractivity contribution in [3.8, 4) is 0 Å². The van der Waals surface area contributed by atoms with E-state index >= 15 is 0 Å². The van der Waals surface area contributed by atoms with Crippen LogP contribution in [0.5, 0.6) is 0 Å². The van der Waals surface area contributed by atoms with Gasteiger partial charge in [-0.15, -0.1) is 11.6 Å². The molecule has 0 aromatic rings. The monoisotopic (exact) mass is 221 g/mol. The van der Waals surface area contributed by atoms with E-state index in [0.29, 0.717) is 12.3 Å². The molecule has 0 aromatic carbocycles. The lowest BCUT2D eigenvalue weighted by Gasteiger charge is -2.41. The van der Waals surface area contributed by atoms with E-state index in [-0.39, 0.29) is 11.4 Å². The molecule has 1 fully saturated rings. The Balaban J connectivity index is 2.25. The molecule has 1 amide bonds. The number of amides is 1. The third-order valence-electron chi connectivity index (χ3n) is 2.50. The van der Waals surface area contributed by atoms with Crippen LogP contribution in [0.4, 0.5) is 0 Å². The zero-order valence-corrected chi connectivity index (χ0v) is 9.51. The summed E-state index contributed by atoms with van der Waals surface area (Å²) in [4.78, 5) is 11.4. The molecule has 1 rings (SSSR count). The highest BCUT2D eigenvalue weighted by Gasteiger charge is 2.37. The first-order valence-corrected chi connectivity index (χ1v) is 6.51. The van der Waals surface area contributed by atoms with Crippen LogP contribution < -0.4 is 5.32 Å². The number of alkyl halides is 1. The van der Waals surface area contributed by atoms with Gasteiger partial charge in [0.05, 0.1) is 5.54 Å². The molecule has 0 radical (unpaired) electrons. The Morgan fingerprint density at radius 2 is 2.31 bits per heavy atom. The van der Waals surface area contributed by atoms with Crippen molar-refractivity contribution in [1.29, 1.82) is 0 Å². The van der Waals surface area contributed by atoms with Gasteiger partial charge in [0, 0.05) is 18.1 Å². The highest BCUT2D eigenvalue weighted by atomic mass is 35.5. The van der Waals surface area contributed by atoms with Crippen LogP contribution >= 0.6 is 23.4 Å². The van der Waals surface area contributed by atoms with Crippen LogP contribution in [0.25, 0.3) is 0 Å². The summed E-state index contributed by atoms with van der Waals surface area (Å²) in [7, 11) is 0. The van der Waals surface area contributed by atoms with Crippen LogP contribution in [0.15, 0.2) is 0 Å². The lowest BCUT2D eigenvalue weighted by atomic mass is 9.78. The fraction of sp³-hybridized carbons (Fsp3) is 0.889. The average molecular weight is 222 g/mol. The van der Waals surface area contributed by atoms with Crippen LogP contribution in [-0.2, 0) is 4.79 Å². The van der Waals surface area contributed by atoms with Gasteiger partial charge in [-0.05, 0) is 25.5 Å². The number of carbonyl (C=O) groups excluding carboxylic acids is 1. The molecule has 1 N–H and O–H groups in total. The van der Waals surface area contributed by atoms with Crippen molar-refractivity contribution < 1.29 is 4.79 Å². The van der Waals surface area contributed by atoms with Gasteiger partial charge < -0.3 is 5.32 Å². The lowest BCUT2D eigenvalue weighted by Crippen LogP contribution is -2.55. The minimum atomic E-state index is -0.0585. The first-order valence-electron chi connectivity index (χ1n) is 4.58. The van der Waals surface area contributed by atoms with Gasteiger partial charge in [0.15, 0.2) is 0 Å². The molecule has 1 aliphatic carbocycles. The van der Waals surface area contributed by atoms with Gasteiger partial charge in [0.2, 0.25) is 5.91 Å². The van der Waals surface area contributed by atoms with Gasteiger partial charge in [-0.2, -0.15) is 11.8 Å². The summed E-state index contributed by atoms with van der Waals surface area (Å²) in [5, 5.41) is 3.03. The zero-order chi connectivity index (χ0) is 9.73. The van der Waals surface area contributed by atoms with E-state index in [2.05, 4.69) is 5.32 Å². The zero-order valence-electron chi connectivity index (χ0n) is 7.94. The smallest absolute Gasteiger partial charge is 0.221 e. The first-order chi connectivity index (χ1) is 6.22. The van der Waals surface area contributed by atoms with Crippen LogP contribution in [0.1, 0.15) is 25.7 Å². The van der Waals surface area contributed by atoms with Crippen molar-refractivity contribution in [3.05, 3.63) is 0 Å². The molecule has 76 valence electrons. The summed E-state index contributed by atoms with van der Waals surface area (Å²) < 4.78 is 0. The summed E-state index contributed by atoms with van der Waals surface area (Å²) in [6.07, 6.45) is 5.90. The Kier molecular flexibility index (Phi) is 4.39. The Hall–Kier alpha value is 0.110. The maximum atomic E-state index is 11.4. The van der Waals surface area contributed by atoms with E-state index in [1.54, 1.807) is 11.8 Å². The second-order valence-corrected chi connectivity index (χ2v) is 4.81. The van der Waals surface area contributed by atoms with Crippen molar-refractivity contribution >= 4 is 29.3 Å². The molecule has 13 heavy (non-hydrogen) atoms. The minimum absolute atomic E-state index is 0.0585. The topological polar surface area (TPSA) is 29.1 Å². The highest BCUT2D eigenvalue weighted by Crippen LogP contribution is 2.32. The van der Waals surface area contributed by atoms with Crippen molar-refractivity contribution in [3.63, 3.8) is 0 Å². The van der Waals surface area contributed by atoms with E-state index in [4.69, 9.17) is 11.6 Å². The second kappa shape index (κ2) is 5.11. The Morgan fingerprint density at radius 1 is 1.62 bits per heavy atom. The standard InChI is InChI=1S/C9H16ClNOS/c1-13-6-3-8(12)11-9(7-10)4-2-5-9/h2-7H2,1H3,(H,11,12). The summed E-state index contributed by atoms with van der Waals surface area (Å²) in [5.41, 5.74) is -0.0585.